The van der Waals surface area contributed by atoms with E-state index < -0.39 is 0 Å². The number of methoxy groups -OCH3 is 3. The van der Waals surface area contributed by atoms with Crippen LogP contribution in [0.3, 0.4) is 0 Å². The predicted octanol–water partition coefficient (Wildman–Crippen LogP) is 4.82. The van der Waals surface area contributed by atoms with Crippen molar-refractivity contribution in [3.8, 4) is 23.0 Å². The zero-order valence-electron chi connectivity index (χ0n) is 17.2. The van der Waals surface area contributed by atoms with E-state index in [1.807, 2.05) is 25.1 Å². The van der Waals surface area contributed by atoms with E-state index in [1.165, 1.54) is 0 Å². The zero-order valence-corrected chi connectivity index (χ0v) is 18.1. The molecule has 0 aliphatic rings. The van der Waals surface area contributed by atoms with Crippen LogP contribution in [-0.2, 0) is 7.05 Å². The van der Waals surface area contributed by atoms with Gasteiger partial charge in [-0.2, -0.15) is 4.57 Å². The molecule has 1 heterocycles. The van der Waals surface area contributed by atoms with E-state index >= 15 is 0 Å². The van der Waals surface area contributed by atoms with E-state index in [-0.39, 0.29) is 12.4 Å². The fourth-order valence-electron chi connectivity index (χ4n) is 3.85. The lowest BCUT2D eigenvalue weighted by atomic mass is 10.00. The van der Waals surface area contributed by atoms with Crippen LogP contribution < -0.4 is 23.5 Å². The van der Waals surface area contributed by atoms with Gasteiger partial charge in [0.1, 0.15) is 7.05 Å². The molecular formula is C23H25ClNO4+. The summed E-state index contributed by atoms with van der Waals surface area (Å²) >= 11 is 0. The lowest BCUT2D eigenvalue weighted by molar-refractivity contribution is -0.642. The molecule has 6 heteroatoms. The van der Waals surface area contributed by atoms with Gasteiger partial charge in [-0.1, -0.05) is 6.07 Å². The molecule has 0 fully saturated rings. The smallest absolute Gasteiger partial charge is 0.220 e. The van der Waals surface area contributed by atoms with Gasteiger partial charge in [0.15, 0.2) is 29.2 Å². The summed E-state index contributed by atoms with van der Waals surface area (Å²) < 4.78 is 24.5. The third kappa shape index (κ3) is 3.36. The number of halogens is 1. The van der Waals surface area contributed by atoms with Gasteiger partial charge in [-0.15, -0.1) is 12.4 Å². The second kappa shape index (κ2) is 8.21. The van der Waals surface area contributed by atoms with Crippen LogP contribution in [0.2, 0.25) is 0 Å². The molecule has 0 unspecified atom stereocenters. The molecule has 4 aromatic rings. The molecule has 152 valence electrons. The fraction of sp³-hybridized carbons (Fsp3) is 0.261. The summed E-state index contributed by atoms with van der Waals surface area (Å²) in [6, 6.07) is 12.4. The van der Waals surface area contributed by atoms with Crippen LogP contribution >= 0.6 is 12.4 Å². The van der Waals surface area contributed by atoms with Crippen LogP contribution in [0.1, 0.15) is 6.92 Å². The SMILES string of the molecule is CCOc1cc2c(cc1OC)c[n+](C)c1c3cc(OC)c(OC)cc3ccc21.Cl. The first-order valence-corrected chi connectivity index (χ1v) is 9.22. The second-order valence-electron chi connectivity index (χ2n) is 6.65. The van der Waals surface area contributed by atoms with Crippen LogP contribution in [-0.4, -0.2) is 27.9 Å². The van der Waals surface area contributed by atoms with Crippen LogP contribution in [0.4, 0.5) is 0 Å². The maximum Gasteiger partial charge on any atom is 0.220 e. The van der Waals surface area contributed by atoms with Crippen molar-refractivity contribution in [3.05, 3.63) is 42.6 Å². The largest absolute Gasteiger partial charge is 0.493 e. The van der Waals surface area contributed by atoms with Crippen molar-refractivity contribution in [2.45, 2.75) is 6.92 Å². The first kappa shape index (κ1) is 20.8. The molecule has 0 bridgehead atoms. The summed E-state index contributed by atoms with van der Waals surface area (Å²) in [5, 5.41) is 5.56. The molecule has 0 atom stereocenters. The van der Waals surface area contributed by atoms with Crippen LogP contribution in [0.15, 0.2) is 42.6 Å². The van der Waals surface area contributed by atoms with Crippen molar-refractivity contribution in [1.82, 2.24) is 0 Å². The van der Waals surface area contributed by atoms with Gasteiger partial charge in [-0.3, -0.25) is 0 Å². The molecule has 0 N–H and O–H groups in total. The molecule has 0 aliphatic heterocycles. The van der Waals surface area contributed by atoms with Crippen molar-refractivity contribution in [2.24, 2.45) is 7.05 Å². The number of hydrogen-bond acceptors (Lipinski definition) is 4. The Bertz CT molecular complexity index is 1210. The molecule has 0 aliphatic carbocycles. The van der Waals surface area contributed by atoms with E-state index in [4.69, 9.17) is 18.9 Å². The zero-order chi connectivity index (χ0) is 19.8. The molecule has 29 heavy (non-hydrogen) atoms. The number of rotatable bonds is 5. The molecule has 5 nitrogen and oxygen atoms in total. The van der Waals surface area contributed by atoms with Gasteiger partial charge in [-0.25, -0.2) is 0 Å². The lowest BCUT2D eigenvalue weighted by Crippen LogP contribution is -2.28. The van der Waals surface area contributed by atoms with Crippen molar-refractivity contribution >= 4 is 44.9 Å². The topological polar surface area (TPSA) is 40.8 Å². The molecule has 0 spiro atoms. The summed E-state index contributed by atoms with van der Waals surface area (Å²) in [6.07, 6.45) is 2.12. The maximum atomic E-state index is 5.80. The molecule has 1 aromatic heterocycles. The third-order valence-corrected chi connectivity index (χ3v) is 5.11. The number of aromatic nitrogens is 1. The van der Waals surface area contributed by atoms with Gasteiger partial charge in [0.25, 0.3) is 0 Å². The number of aryl methyl sites for hydroxylation is 1. The first-order valence-electron chi connectivity index (χ1n) is 9.22. The fourth-order valence-corrected chi connectivity index (χ4v) is 3.85. The van der Waals surface area contributed by atoms with Gasteiger partial charge in [0.2, 0.25) is 5.52 Å². The molecular weight excluding hydrogens is 390 g/mol. The van der Waals surface area contributed by atoms with E-state index in [9.17, 15) is 0 Å². The average Bonchev–Trinajstić information content (AvgIpc) is 2.72. The third-order valence-electron chi connectivity index (χ3n) is 5.11. The number of nitrogens with zero attached hydrogens (tertiary/aromatic N) is 1. The van der Waals surface area contributed by atoms with Crippen LogP contribution in [0.5, 0.6) is 23.0 Å². The average molecular weight is 415 g/mol. The van der Waals surface area contributed by atoms with Crippen LogP contribution in [0.25, 0.3) is 32.4 Å². The van der Waals surface area contributed by atoms with Gasteiger partial charge < -0.3 is 18.9 Å². The van der Waals surface area contributed by atoms with Gasteiger partial charge >= 0.3 is 0 Å². The van der Waals surface area contributed by atoms with E-state index in [2.05, 4.69) is 36.0 Å². The monoisotopic (exact) mass is 414 g/mol. The Labute approximate surface area is 176 Å². The summed E-state index contributed by atoms with van der Waals surface area (Å²) in [7, 11) is 7.03. The van der Waals surface area contributed by atoms with Crippen molar-refractivity contribution in [3.63, 3.8) is 0 Å². The predicted molar refractivity (Wildman–Crippen MR) is 118 cm³/mol. The molecule has 0 amide bonds. The molecule has 0 saturated carbocycles. The first-order chi connectivity index (χ1) is 13.6. The van der Waals surface area contributed by atoms with Crippen molar-refractivity contribution in [2.75, 3.05) is 27.9 Å². The molecule has 4 rings (SSSR count). The van der Waals surface area contributed by atoms with Crippen molar-refractivity contribution in [1.29, 1.82) is 0 Å². The highest BCUT2D eigenvalue weighted by molar-refractivity contribution is 6.14. The summed E-state index contributed by atoms with van der Waals surface area (Å²) in [6.45, 7) is 2.56. The summed E-state index contributed by atoms with van der Waals surface area (Å²) in [4.78, 5) is 0. The number of benzene rings is 3. The number of pyridine rings is 1. The van der Waals surface area contributed by atoms with Gasteiger partial charge in [0.05, 0.1) is 44.1 Å². The highest BCUT2D eigenvalue weighted by Gasteiger charge is 2.19. The van der Waals surface area contributed by atoms with E-state index in [0.29, 0.717) is 12.4 Å². The molecule has 3 aromatic carbocycles. The Morgan fingerprint density at radius 1 is 0.724 bits per heavy atom. The Morgan fingerprint density at radius 2 is 1.31 bits per heavy atom. The van der Waals surface area contributed by atoms with Gasteiger partial charge in [-0.05, 0) is 42.6 Å². The Hall–Kier alpha value is -2.92. The normalized spacial score (nSPS) is 10.8. The highest BCUT2D eigenvalue weighted by atomic mass is 35.5. The Morgan fingerprint density at radius 3 is 1.97 bits per heavy atom. The number of ether oxygens (including phenoxy) is 4. The molecule has 0 saturated heterocycles. The Balaban J connectivity index is 0.00000240. The van der Waals surface area contributed by atoms with Gasteiger partial charge in [0, 0.05) is 5.39 Å². The van der Waals surface area contributed by atoms with E-state index in [0.717, 1.165) is 49.7 Å². The maximum absolute atomic E-state index is 5.80. The second-order valence-corrected chi connectivity index (χ2v) is 6.65. The highest BCUT2D eigenvalue weighted by Crippen LogP contribution is 2.39. The van der Waals surface area contributed by atoms with E-state index in [1.54, 1.807) is 21.3 Å². The molecule has 0 radical (unpaired) electrons. The number of hydrogen-bond donors (Lipinski definition) is 0. The standard InChI is InChI=1S/C23H24NO4.ClH/c1-6-28-22-11-17-15(10-20(22)26-4)13-24(2)23-16(17)8-7-14-9-19(25-3)21(27-5)12-18(14)23;/h7-13H,6H2,1-5H3;1H/q+1;. The van der Waals surface area contributed by atoms with Crippen molar-refractivity contribution < 1.29 is 23.5 Å². The lowest BCUT2D eigenvalue weighted by Gasteiger charge is -2.13. The minimum absolute atomic E-state index is 0. The minimum atomic E-state index is 0. The summed E-state index contributed by atoms with van der Waals surface area (Å²) in [5.74, 6) is 2.93. The minimum Gasteiger partial charge on any atom is -0.493 e. The number of fused-ring (bicyclic) bond motifs is 5. The summed E-state index contributed by atoms with van der Waals surface area (Å²) in [5.41, 5.74) is 1.12. The quantitative estimate of drug-likeness (QED) is 0.347. The Kier molecular flexibility index (Phi) is 5.89. The van der Waals surface area contributed by atoms with Crippen LogP contribution in [0, 0.1) is 0 Å².